The Kier molecular flexibility index (Phi) is 5.89. The van der Waals surface area contributed by atoms with Gasteiger partial charge in [-0.2, -0.15) is 13.2 Å². The maximum Gasteiger partial charge on any atom is 0.490 e. The largest absolute Gasteiger partial charge is 0.490 e. The summed E-state index contributed by atoms with van der Waals surface area (Å²) in [5.74, 6) is -2.55. The van der Waals surface area contributed by atoms with Crippen molar-refractivity contribution in [3.8, 4) is 0 Å². The molecule has 0 atom stereocenters. The summed E-state index contributed by atoms with van der Waals surface area (Å²) in [5.41, 5.74) is 3.08. The fraction of sp³-hybridized carbons (Fsp3) is 0.800. The molecule has 0 aliphatic carbocycles. The van der Waals surface area contributed by atoms with Crippen LogP contribution in [-0.2, 0) is 9.59 Å². The second-order valence-electron chi connectivity index (χ2n) is 5.27. The minimum absolute atomic E-state index is 0.208. The van der Waals surface area contributed by atoms with Gasteiger partial charge in [0, 0.05) is 5.41 Å². The highest BCUT2D eigenvalue weighted by Gasteiger charge is 2.38. The highest BCUT2D eigenvalue weighted by Crippen LogP contribution is 2.19. The number of carbonyl (C=O) groups excluding carboxylic acids is 1. The number of quaternary nitrogens is 1. The van der Waals surface area contributed by atoms with E-state index in [9.17, 15) is 18.0 Å². The van der Waals surface area contributed by atoms with Crippen LogP contribution in [0.15, 0.2) is 0 Å². The molecule has 0 radical (unpaired) electrons. The Bertz CT molecular complexity index is 269. The van der Waals surface area contributed by atoms with Crippen LogP contribution in [0, 0.1) is 5.41 Å². The van der Waals surface area contributed by atoms with Gasteiger partial charge in [0.25, 0.3) is 0 Å². The molecule has 0 saturated heterocycles. The van der Waals surface area contributed by atoms with Crippen LogP contribution in [-0.4, -0.2) is 28.6 Å². The monoisotopic (exact) mass is 258 g/mol. The summed E-state index contributed by atoms with van der Waals surface area (Å²) in [6.45, 7) is 9.45. The molecule has 0 saturated carbocycles. The van der Waals surface area contributed by atoms with Gasteiger partial charge >= 0.3 is 12.1 Å². The first-order chi connectivity index (χ1) is 7.10. The van der Waals surface area contributed by atoms with Crippen molar-refractivity contribution in [2.45, 2.75) is 46.3 Å². The van der Waals surface area contributed by atoms with E-state index in [0.717, 1.165) is 0 Å². The van der Waals surface area contributed by atoms with Gasteiger partial charge in [0.05, 0.1) is 0 Å². The van der Waals surface area contributed by atoms with Crippen LogP contribution in [0.25, 0.3) is 0 Å². The van der Waals surface area contributed by atoms with E-state index in [2.05, 4.69) is 5.73 Å². The Hall–Kier alpha value is -1.11. The normalized spacial score (nSPS) is 12.5. The van der Waals surface area contributed by atoms with E-state index in [4.69, 9.17) is 9.90 Å². The van der Waals surface area contributed by atoms with Crippen molar-refractivity contribution in [3.05, 3.63) is 0 Å². The van der Waals surface area contributed by atoms with Gasteiger partial charge in [-0.15, -0.1) is 0 Å². The number of hydrogen-bond acceptors (Lipinski definition) is 2. The minimum Gasteiger partial charge on any atom is -0.475 e. The molecule has 4 nitrogen and oxygen atoms in total. The van der Waals surface area contributed by atoms with Crippen molar-refractivity contribution in [2.75, 3.05) is 0 Å². The van der Waals surface area contributed by atoms with Crippen molar-refractivity contribution < 1.29 is 33.6 Å². The first-order valence-electron chi connectivity index (χ1n) is 4.80. The van der Waals surface area contributed by atoms with Gasteiger partial charge in [-0.3, -0.25) is 4.79 Å². The molecule has 0 aromatic rings. The van der Waals surface area contributed by atoms with Crippen LogP contribution in [0.2, 0.25) is 0 Å². The average molecular weight is 258 g/mol. The zero-order valence-electron chi connectivity index (χ0n) is 10.6. The van der Waals surface area contributed by atoms with Crippen LogP contribution < -0.4 is 5.73 Å². The second-order valence-corrected chi connectivity index (χ2v) is 5.27. The summed E-state index contributed by atoms with van der Waals surface area (Å²) in [6.07, 6.45) is -5.08. The fourth-order valence-electron chi connectivity index (χ4n) is 1.02. The number of ketones is 1. The van der Waals surface area contributed by atoms with Gasteiger partial charge in [-0.05, 0) is 13.8 Å². The van der Waals surface area contributed by atoms with E-state index in [1.165, 1.54) is 0 Å². The lowest BCUT2D eigenvalue weighted by atomic mass is 9.81. The zero-order valence-corrected chi connectivity index (χ0v) is 10.6. The minimum atomic E-state index is -5.08. The van der Waals surface area contributed by atoms with Crippen molar-refractivity contribution in [1.29, 1.82) is 0 Å². The number of carboxylic acid groups (broad SMARTS) is 1. The number of halogens is 3. The number of aliphatic carboxylic acids is 1. The Labute approximate surface area is 98.0 Å². The third-order valence-electron chi connectivity index (χ3n) is 1.54. The highest BCUT2D eigenvalue weighted by atomic mass is 19.4. The van der Waals surface area contributed by atoms with Crippen LogP contribution in [0.4, 0.5) is 13.2 Å². The predicted octanol–water partition coefficient (Wildman–Crippen LogP) is 1.26. The third kappa shape index (κ3) is 8.67. The van der Waals surface area contributed by atoms with E-state index < -0.39 is 17.7 Å². The molecule has 0 amide bonds. The number of carbonyl (C=O) groups is 2. The zero-order chi connectivity index (χ0) is 14.7. The average Bonchev–Trinajstić information content (AvgIpc) is 1.98. The molecule has 0 aliphatic rings. The number of hydrogen-bond donors (Lipinski definition) is 2. The van der Waals surface area contributed by atoms with Crippen molar-refractivity contribution in [3.63, 3.8) is 0 Å². The fourth-order valence-corrected chi connectivity index (χ4v) is 1.02. The van der Waals surface area contributed by atoms with E-state index in [1.54, 1.807) is 0 Å². The summed E-state index contributed by atoms with van der Waals surface area (Å²) in [4.78, 5) is 20.3. The maximum absolute atomic E-state index is 11.4. The lowest BCUT2D eigenvalue weighted by Crippen LogP contribution is -2.74. The van der Waals surface area contributed by atoms with E-state index in [1.807, 2.05) is 34.6 Å². The molecule has 0 fully saturated rings. The van der Waals surface area contributed by atoms with Gasteiger partial charge in [-0.25, -0.2) is 4.79 Å². The SMILES string of the molecule is CC(C)(C)C(=O)C(C)(C)[NH3+].O=C(O)C(F)(F)F. The predicted molar refractivity (Wildman–Crippen MR) is 55.1 cm³/mol. The molecule has 4 N–H and O–H groups in total. The van der Waals surface area contributed by atoms with Crippen LogP contribution in [0.5, 0.6) is 0 Å². The first-order valence-corrected chi connectivity index (χ1v) is 4.80. The molecule has 0 aliphatic heterocycles. The molecule has 0 heterocycles. The maximum atomic E-state index is 11.4. The Morgan fingerprint density at radius 2 is 1.24 bits per heavy atom. The van der Waals surface area contributed by atoms with Gasteiger partial charge in [0.2, 0.25) is 0 Å². The van der Waals surface area contributed by atoms with Crippen molar-refractivity contribution in [1.82, 2.24) is 0 Å². The van der Waals surface area contributed by atoms with E-state index in [0.29, 0.717) is 0 Å². The summed E-state index contributed by atoms with van der Waals surface area (Å²) in [7, 11) is 0. The topological polar surface area (TPSA) is 82.0 Å². The first kappa shape index (κ1) is 18.3. The van der Waals surface area contributed by atoms with Gasteiger partial charge in [0.15, 0.2) is 5.78 Å². The molecule has 0 bridgehead atoms. The lowest BCUT2D eigenvalue weighted by molar-refractivity contribution is -0.447. The third-order valence-corrected chi connectivity index (χ3v) is 1.54. The molecule has 102 valence electrons. The molecular weight excluding hydrogens is 239 g/mol. The number of rotatable bonds is 1. The number of alkyl halides is 3. The highest BCUT2D eigenvalue weighted by molar-refractivity contribution is 5.90. The second kappa shape index (κ2) is 5.48. The molecule has 0 spiro atoms. The quantitative estimate of drug-likeness (QED) is 0.742. The van der Waals surface area contributed by atoms with Gasteiger partial charge in [0.1, 0.15) is 5.54 Å². The van der Waals surface area contributed by atoms with Crippen LogP contribution in [0.3, 0.4) is 0 Å². The summed E-state index contributed by atoms with van der Waals surface area (Å²) < 4.78 is 31.7. The van der Waals surface area contributed by atoms with E-state index in [-0.39, 0.29) is 11.2 Å². The standard InChI is InChI=1S/C8H17NO.C2HF3O2/c1-7(2,3)6(10)8(4,5)9;3-2(4,5)1(6)7/h9H2,1-5H3;(H,6,7)/p+1. The Morgan fingerprint density at radius 1 is 1.00 bits per heavy atom. The van der Waals surface area contributed by atoms with Crippen molar-refractivity contribution >= 4 is 11.8 Å². The summed E-state index contributed by atoms with van der Waals surface area (Å²) in [6, 6.07) is 0. The van der Waals surface area contributed by atoms with Crippen LogP contribution in [0.1, 0.15) is 34.6 Å². The molecule has 0 rings (SSSR count). The number of carboxylic acids is 1. The Balaban J connectivity index is 0. The molecule has 7 heteroatoms. The molecule has 17 heavy (non-hydrogen) atoms. The molecule has 0 aromatic heterocycles. The van der Waals surface area contributed by atoms with Gasteiger partial charge in [-0.1, -0.05) is 20.8 Å². The van der Waals surface area contributed by atoms with E-state index >= 15 is 0 Å². The molecular formula is C10H19F3NO3+. The lowest BCUT2D eigenvalue weighted by Gasteiger charge is -2.23. The van der Waals surface area contributed by atoms with Gasteiger partial charge < -0.3 is 10.8 Å². The van der Waals surface area contributed by atoms with Crippen molar-refractivity contribution in [2.24, 2.45) is 5.41 Å². The Morgan fingerprint density at radius 3 is 1.24 bits per heavy atom. The summed E-state index contributed by atoms with van der Waals surface area (Å²) >= 11 is 0. The number of Topliss-reactive ketones (excluding diaryl/α,β-unsaturated/α-hetero) is 1. The van der Waals surface area contributed by atoms with Crippen LogP contribution >= 0.6 is 0 Å². The summed E-state index contributed by atoms with van der Waals surface area (Å²) in [5, 5.41) is 7.12. The molecule has 0 unspecified atom stereocenters. The molecule has 0 aromatic carbocycles. The smallest absolute Gasteiger partial charge is 0.475 e.